The van der Waals surface area contributed by atoms with Crippen LogP contribution in [0.5, 0.6) is 23.1 Å². The summed E-state index contributed by atoms with van der Waals surface area (Å²) >= 11 is 6.55. The molecule has 0 saturated heterocycles. The summed E-state index contributed by atoms with van der Waals surface area (Å²) in [5, 5.41) is 10.8. The smallest absolute Gasteiger partial charge is 0.261 e. The molecule has 0 aliphatic heterocycles. The first-order chi connectivity index (χ1) is 20.3. The zero-order valence-electron chi connectivity index (χ0n) is 26.7. The molecule has 0 aliphatic carbocycles. The molecule has 2 aromatic carbocycles. The van der Waals surface area contributed by atoms with Crippen LogP contribution in [-0.4, -0.2) is 45.5 Å². The number of amides is 1. The fourth-order valence-corrected chi connectivity index (χ4v) is 4.80. The molecule has 2 heterocycles. The third kappa shape index (κ3) is 6.93. The number of nitrogens with one attached hydrogen (secondary N) is 2. The quantitative estimate of drug-likeness (QED) is 0.162. The Morgan fingerprint density at radius 1 is 1.02 bits per heavy atom. The second kappa shape index (κ2) is 12.9. The Morgan fingerprint density at radius 3 is 2.33 bits per heavy atom. The number of H-pyrrole nitrogens is 1. The van der Waals surface area contributed by atoms with Crippen LogP contribution in [-0.2, 0) is 15.6 Å². The van der Waals surface area contributed by atoms with Gasteiger partial charge in [0.2, 0.25) is 0 Å². The molecule has 0 bridgehead atoms. The number of carbonyl (C=O) groups is 1. The Kier molecular flexibility index (Phi) is 9.64. The zero-order chi connectivity index (χ0) is 31.5. The number of aromatic nitrogens is 4. The van der Waals surface area contributed by atoms with E-state index in [-0.39, 0.29) is 33.6 Å². The minimum atomic E-state index is -0.679. The van der Waals surface area contributed by atoms with Crippen LogP contribution in [0.3, 0.4) is 0 Å². The van der Waals surface area contributed by atoms with E-state index in [4.69, 9.17) is 25.8 Å². The molecule has 2 unspecified atom stereocenters. The summed E-state index contributed by atoms with van der Waals surface area (Å²) in [6.45, 7) is 17.4. The van der Waals surface area contributed by atoms with Crippen molar-refractivity contribution in [3.05, 3.63) is 64.4 Å². The van der Waals surface area contributed by atoms with E-state index in [1.807, 2.05) is 25.1 Å². The number of hydrogen-bond donors (Lipinski definition) is 2. The molecule has 232 valence electrons. The predicted octanol–water partition coefficient (Wildman–Crippen LogP) is 7.57. The van der Waals surface area contributed by atoms with Crippen LogP contribution in [0, 0.1) is 0 Å². The number of methoxy groups -OCH3 is 1. The van der Waals surface area contributed by atoms with Crippen molar-refractivity contribution in [2.75, 3.05) is 13.7 Å². The van der Waals surface area contributed by atoms with E-state index in [0.717, 1.165) is 24.2 Å². The van der Waals surface area contributed by atoms with Gasteiger partial charge in [-0.3, -0.25) is 9.89 Å². The molecule has 9 nitrogen and oxygen atoms in total. The van der Waals surface area contributed by atoms with Crippen LogP contribution >= 0.6 is 11.6 Å². The van der Waals surface area contributed by atoms with Crippen LogP contribution in [0.15, 0.2) is 42.5 Å². The summed E-state index contributed by atoms with van der Waals surface area (Å²) in [7, 11) is 1.57. The van der Waals surface area contributed by atoms with Gasteiger partial charge in [-0.1, -0.05) is 84.3 Å². The maximum Gasteiger partial charge on any atom is 0.261 e. The second-order valence-electron chi connectivity index (χ2n) is 12.3. The number of rotatable bonds is 13. The normalized spacial score (nSPS) is 13.5. The van der Waals surface area contributed by atoms with E-state index < -0.39 is 6.10 Å². The van der Waals surface area contributed by atoms with E-state index in [0.29, 0.717) is 29.5 Å². The number of fused-ring (bicyclic) bond motifs is 1. The van der Waals surface area contributed by atoms with Gasteiger partial charge in [0, 0.05) is 18.0 Å². The average molecular weight is 610 g/mol. The van der Waals surface area contributed by atoms with E-state index in [1.165, 1.54) is 10.2 Å². The Bertz CT molecular complexity index is 1570. The molecule has 43 heavy (non-hydrogen) atoms. The van der Waals surface area contributed by atoms with Crippen LogP contribution in [0.2, 0.25) is 5.02 Å². The first-order valence-electron chi connectivity index (χ1n) is 14.9. The number of aromatic amines is 1. The number of halogens is 1. The van der Waals surface area contributed by atoms with Gasteiger partial charge in [0.25, 0.3) is 11.8 Å². The maximum atomic E-state index is 13.1. The highest BCUT2D eigenvalue weighted by Gasteiger charge is 2.28. The second-order valence-corrected chi connectivity index (χ2v) is 12.7. The molecule has 0 spiro atoms. The number of ether oxygens (including phenoxy) is 3. The molecule has 0 fully saturated rings. The average Bonchev–Trinajstić information content (AvgIpc) is 3.54. The summed E-state index contributed by atoms with van der Waals surface area (Å²) in [4.78, 5) is 17.7. The van der Waals surface area contributed by atoms with Crippen molar-refractivity contribution in [3.8, 4) is 23.1 Å². The molecule has 2 N–H and O–H groups in total. The third-order valence-electron chi connectivity index (χ3n) is 8.48. The molecule has 2 aromatic heterocycles. The van der Waals surface area contributed by atoms with Crippen LogP contribution in [0.4, 0.5) is 0 Å². The van der Waals surface area contributed by atoms with Gasteiger partial charge in [-0.25, -0.2) is 4.98 Å². The summed E-state index contributed by atoms with van der Waals surface area (Å²) in [5.74, 6) is 2.29. The van der Waals surface area contributed by atoms with Crippen LogP contribution in [0.25, 0.3) is 5.65 Å². The fourth-order valence-electron chi connectivity index (χ4n) is 4.60. The Morgan fingerprint density at radius 2 is 1.70 bits per heavy atom. The lowest BCUT2D eigenvalue weighted by molar-refractivity contribution is -0.127. The zero-order valence-corrected chi connectivity index (χ0v) is 27.4. The summed E-state index contributed by atoms with van der Waals surface area (Å²) < 4.78 is 19.0. The SMILES string of the molecule is CCC(C)(C)c1ccc(OC(C)C(=O)NCC(C)c2nc3c(Cl)c(Oc4ccccc4OC)nn3[nH]2)c(C(C)(C)CC)c1. The first-order valence-corrected chi connectivity index (χ1v) is 15.2. The Labute approximate surface area is 259 Å². The molecule has 0 saturated carbocycles. The van der Waals surface area contributed by atoms with Crippen molar-refractivity contribution in [2.45, 2.75) is 91.1 Å². The summed E-state index contributed by atoms with van der Waals surface area (Å²) in [5.41, 5.74) is 2.77. The van der Waals surface area contributed by atoms with Gasteiger partial charge in [-0.2, -0.15) is 0 Å². The lowest BCUT2D eigenvalue weighted by Crippen LogP contribution is -2.38. The van der Waals surface area contributed by atoms with Crippen molar-refractivity contribution >= 4 is 23.2 Å². The first kappa shape index (κ1) is 32.2. The van der Waals surface area contributed by atoms with Gasteiger partial charge < -0.3 is 19.5 Å². The van der Waals surface area contributed by atoms with Gasteiger partial charge in [0.1, 0.15) is 11.6 Å². The standard InChI is InChI=1S/C33H44ClN5O4/c1-10-32(5,6)22-16-17-24(23(18-22)33(7,8)11-2)42-21(4)30(40)35-19-20(3)28-36-29-27(34)31(38-39(29)37-28)43-26-15-13-12-14-25(26)41-9/h12-18,20-21H,10-11,19H2,1-9H3,(H,35,40)(H,36,37). The number of nitrogens with zero attached hydrogens (tertiary/aromatic N) is 3. The fraction of sp³-hybridized carbons (Fsp3) is 0.485. The highest BCUT2D eigenvalue weighted by molar-refractivity contribution is 6.34. The Hall–Kier alpha value is -3.72. The van der Waals surface area contributed by atoms with Crippen molar-refractivity contribution in [1.29, 1.82) is 0 Å². The minimum absolute atomic E-state index is 0.0535. The third-order valence-corrected chi connectivity index (χ3v) is 8.81. The monoisotopic (exact) mass is 609 g/mol. The van der Waals surface area contributed by atoms with Crippen LogP contribution < -0.4 is 19.5 Å². The minimum Gasteiger partial charge on any atom is -0.493 e. The van der Waals surface area contributed by atoms with Crippen molar-refractivity contribution in [3.63, 3.8) is 0 Å². The summed E-state index contributed by atoms with van der Waals surface area (Å²) in [6.07, 6.45) is 1.30. The number of para-hydroxylation sites is 2. The van der Waals surface area contributed by atoms with Gasteiger partial charge >= 0.3 is 0 Å². The van der Waals surface area contributed by atoms with Gasteiger partial charge in [-0.05, 0) is 54.4 Å². The van der Waals surface area contributed by atoms with Crippen molar-refractivity contribution < 1.29 is 19.0 Å². The predicted molar refractivity (Wildman–Crippen MR) is 170 cm³/mol. The van der Waals surface area contributed by atoms with E-state index in [9.17, 15) is 4.79 Å². The van der Waals surface area contributed by atoms with Gasteiger partial charge in [0.15, 0.2) is 28.3 Å². The molecule has 0 aliphatic rings. The molecule has 10 heteroatoms. The maximum absolute atomic E-state index is 13.1. The molecular formula is C33H44ClN5O4. The molecule has 1 amide bonds. The molecule has 2 atom stereocenters. The largest absolute Gasteiger partial charge is 0.493 e. The molecular weight excluding hydrogens is 566 g/mol. The van der Waals surface area contributed by atoms with E-state index in [2.05, 4.69) is 74.2 Å². The molecule has 0 radical (unpaired) electrons. The molecule has 4 rings (SSSR count). The highest BCUT2D eigenvalue weighted by Crippen LogP contribution is 2.39. The lowest BCUT2D eigenvalue weighted by Gasteiger charge is -2.31. The Balaban J connectivity index is 1.42. The van der Waals surface area contributed by atoms with Crippen molar-refractivity contribution in [2.24, 2.45) is 0 Å². The summed E-state index contributed by atoms with van der Waals surface area (Å²) in [6, 6.07) is 13.6. The van der Waals surface area contributed by atoms with Gasteiger partial charge in [-0.15, -0.1) is 9.73 Å². The van der Waals surface area contributed by atoms with Crippen molar-refractivity contribution in [1.82, 2.24) is 25.1 Å². The van der Waals surface area contributed by atoms with Gasteiger partial charge in [0.05, 0.1) is 7.11 Å². The van der Waals surface area contributed by atoms with E-state index >= 15 is 0 Å². The topological polar surface area (TPSA) is 103 Å². The van der Waals surface area contributed by atoms with Crippen LogP contribution in [0.1, 0.15) is 91.1 Å². The number of carbonyl (C=O) groups excluding carboxylic acids is 1. The number of benzene rings is 2. The highest BCUT2D eigenvalue weighted by atomic mass is 35.5. The van der Waals surface area contributed by atoms with E-state index in [1.54, 1.807) is 26.2 Å². The number of hydrogen-bond acceptors (Lipinski definition) is 6. The molecule has 4 aromatic rings. The lowest BCUT2D eigenvalue weighted by atomic mass is 9.76.